The van der Waals surface area contributed by atoms with Crippen LogP contribution >= 0.6 is 0 Å². The van der Waals surface area contributed by atoms with Crippen molar-refractivity contribution >= 4 is 0 Å². The smallest absolute Gasteiger partial charge is 0.00276 e. The fraction of sp³-hybridized carbons (Fsp3) is 0.500. The summed E-state index contributed by atoms with van der Waals surface area (Å²) < 4.78 is 0. The minimum absolute atomic E-state index is 0. The van der Waals surface area contributed by atoms with Gasteiger partial charge in [0.1, 0.15) is 0 Å². The molecule has 2 nitrogen and oxygen atoms in total. The molecule has 0 rings (SSSR count). The van der Waals surface area contributed by atoms with Crippen molar-refractivity contribution in [1.82, 2.24) is 5.32 Å². The van der Waals surface area contributed by atoms with Gasteiger partial charge in [-0.25, -0.2) is 0 Å². The van der Waals surface area contributed by atoms with E-state index in [4.69, 9.17) is 6.58 Å². The number of hydrogen-bond donors (Lipinski definition) is 2. The van der Waals surface area contributed by atoms with Crippen LogP contribution < -0.4 is 11.1 Å². The Labute approximate surface area is 96.2 Å². The van der Waals surface area contributed by atoms with Crippen LogP contribution in [0, 0.1) is 6.58 Å². The Morgan fingerprint density at radius 1 is 1.27 bits per heavy atom. The third kappa shape index (κ3) is 131. The zero-order chi connectivity index (χ0) is 8.83. The zero-order valence-electron chi connectivity index (χ0n) is 7.96. The van der Waals surface area contributed by atoms with Crippen molar-refractivity contribution in [3.8, 4) is 0 Å². The predicted molar refractivity (Wildman–Crippen MR) is 48.5 cm³/mol. The Balaban J connectivity index is -0.0000000360. The molecular formula is C8H19N2Y-. The van der Waals surface area contributed by atoms with Crippen LogP contribution in [0.4, 0.5) is 0 Å². The van der Waals surface area contributed by atoms with Crippen molar-refractivity contribution < 1.29 is 32.7 Å². The third-order valence-electron chi connectivity index (χ3n) is 0.333. The first-order valence-corrected chi connectivity index (χ1v) is 3.19. The molecule has 0 aliphatic rings. The SMILES string of the molecule is CC=CNC.CN.[CH-]=CC.[Y]. The van der Waals surface area contributed by atoms with E-state index in [1.54, 1.807) is 6.92 Å². The minimum Gasteiger partial charge on any atom is -0.518 e. The van der Waals surface area contributed by atoms with Crippen LogP contribution in [0.15, 0.2) is 18.4 Å². The van der Waals surface area contributed by atoms with Crippen molar-refractivity contribution in [3.63, 3.8) is 0 Å². The maximum Gasteiger partial charge on any atom is 0.00276 e. The van der Waals surface area contributed by atoms with Crippen molar-refractivity contribution in [3.05, 3.63) is 24.9 Å². The summed E-state index contributed by atoms with van der Waals surface area (Å²) in [6, 6.07) is 0. The van der Waals surface area contributed by atoms with E-state index in [0.29, 0.717) is 0 Å². The molecule has 0 aromatic carbocycles. The molecule has 1 radical (unpaired) electrons. The first-order chi connectivity index (χ1) is 4.83. The zero-order valence-corrected chi connectivity index (χ0v) is 10.8. The maximum absolute atomic E-state index is 4.72. The van der Waals surface area contributed by atoms with Gasteiger partial charge in [0.25, 0.3) is 0 Å². The van der Waals surface area contributed by atoms with Crippen LogP contribution in [0.3, 0.4) is 0 Å². The molecule has 0 aliphatic carbocycles. The van der Waals surface area contributed by atoms with Gasteiger partial charge in [0, 0.05) is 39.8 Å². The second kappa shape index (κ2) is 47.9. The van der Waals surface area contributed by atoms with Gasteiger partial charge in [0.15, 0.2) is 0 Å². The molecule has 0 fully saturated rings. The summed E-state index contributed by atoms with van der Waals surface area (Å²) in [5.41, 5.74) is 4.50. The van der Waals surface area contributed by atoms with Crippen molar-refractivity contribution in [2.45, 2.75) is 13.8 Å². The Morgan fingerprint density at radius 3 is 1.55 bits per heavy atom. The summed E-state index contributed by atoms with van der Waals surface area (Å²) in [5, 5.41) is 2.84. The Kier molecular flexibility index (Phi) is 97.9. The quantitative estimate of drug-likeness (QED) is 0.669. The maximum atomic E-state index is 4.72. The van der Waals surface area contributed by atoms with Gasteiger partial charge in [0.05, 0.1) is 0 Å². The van der Waals surface area contributed by atoms with Crippen LogP contribution in [0.2, 0.25) is 0 Å². The van der Waals surface area contributed by atoms with Gasteiger partial charge in [0.2, 0.25) is 0 Å². The van der Waals surface area contributed by atoms with Gasteiger partial charge in [-0.3, -0.25) is 6.08 Å². The molecule has 0 aromatic heterocycles. The van der Waals surface area contributed by atoms with E-state index in [0.717, 1.165) is 0 Å². The van der Waals surface area contributed by atoms with E-state index in [9.17, 15) is 0 Å². The summed E-state index contributed by atoms with van der Waals surface area (Å²) in [6.45, 7) is 8.47. The molecule has 0 aromatic rings. The van der Waals surface area contributed by atoms with E-state index < -0.39 is 0 Å². The van der Waals surface area contributed by atoms with E-state index in [2.05, 4.69) is 11.1 Å². The largest absolute Gasteiger partial charge is 0.518 e. The van der Waals surface area contributed by atoms with E-state index in [-0.39, 0.29) is 32.7 Å². The first kappa shape index (κ1) is 22.5. The number of allylic oxidation sites excluding steroid dienone is 2. The van der Waals surface area contributed by atoms with Crippen LogP contribution in [0.5, 0.6) is 0 Å². The summed E-state index contributed by atoms with van der Waals surface area (Å²) in [4.78, 5) is 0. The molecule has 0 aliphatic heterocycles. The van der Waals surface area contributed by atoms with Gasteiger partial charge < -0.3 is 17.6 Å². The van der Waals surface area contributed by atoms with E-state index >= 15 is 0 Å². The van der Waals surface area contributed by atoms with Gasteiger partial charge in [-0.2, -0.15) is 0 Å². The molecular weight excluding hydrogens is 213 g/mol. The molecule has 3 N–H and O–H groups in total. The summed E-state index contributed by atoms with van der Waals surface area (Å²) in [5.74, 6) is 0. The monoisotopic (exact) mass is 232 g/mol. The third-order valence-corrected chi connectivity index (χ3v) is 0.333. The van der Waals surface area contributed by atoms with Crippen molar-refractivity contribution in [2.75, 3.05) is 14.1 Å². The van der Waals surface area contributed by atoms with Crippen molar-refractivity contribution in [2.24, 2.45) is 5.73 Å². The van der Waals surface area contributed by atoms with Crippen molar-refractivity contribution in [1.29, 1.82) is 0 Å². The molecule has 0 saturated carbocycles. The fourth-order valence-corrected chi connectivity index (χ4v) is 0.167. The molecule has 65 valence electrons. The van der Waals surface area contributed by atoms with Gasteiger partial charge in [-0.05, 0) is 20.2 Å². The van der Waals surface area contributed by atoms with Gasteiger partial charge in [-0.15, -0.1) is 0 Å². The molecule has 0 amide bonds. The predicted octanol–water partition coefficient (Wildman–Crippen LogP) is 1.31. The molecule has 3 heteroatoms. The van der Waals surface area contributed by atoms with Crippen LogP contribution in [0.1, 0.15) is 13.8 Å². The Hall–Kier alpha value is 0.344. The first-order valence-electron chi connectivity index (χ1n) is 3.19. The molecule has 0 atom stereocenters. The number of rotatable bonds is 1. The van der Waals surface area contributed by atoms with Crippen LogP contribution in [0.25, 0.3) is 0 Å². The molecule has 0 bridgehead atoms. The topological polar surface area (TPSA) is 38.0 Å². The van der Waals surface area contributed by atoms with E-state index in [1.165, 1.54) is 13.1 Å². The molecule has 0 unspecified atom stereocenters. The molecule has 0 heterocycles. The molecule has 0 saturated heterocycles. The molecule has 0 spiro atoms. The number of nitrogens with two attached hydrogens (primary N) is 1. The Morgan fingerprint density at radius 2 is 1.55 bits per heavy atom. The molecule has 11 heavy (non-hydrogen) atoms. The van der Waals surface area contributed by atoms with Crippen LogP contribution in [-0.2, 0) is 32.7 Å². The second-order valence-electron chi connectivity index (χ2n) is 1.12. The van der Waals surface area contributed by atoms with Gasteiger partial charge in [-0.1, -0.05) is 13.0 Å². The average Bonchev–Trinajstić information content (AvgIpc) is 1.96. The minimum atomic E-state index is 0. The van der Waals surface area contributed by atoms with Crippen LogP contribution in [-0.4, -0.2) is 14.1 Å². The second-order valence-corrected chi connectivity index (χ2v) is 1.12. The van der Waals surface area contributed by atoms with Gasteiger partial charge >= 0.3 is 0 Å². The van der Waals surface area contributed by atoms with E-state index in [1.807, 2.05) is 26.2 Å². The normalized spacial score (nSPS) is 5.91. The fourth-order valence-electron chi connectivity index (χ4n) is 0.167. The number of hydrogen-bond acceptors (Lipinski definition) is 2. The summed E-state index contributed by atoms with van der Waals surface area (Å²) >= 11 is 0. The Bertz CT molecular complexity index is 63.1. The summed E-state index contributed by atoms with van der Waals surface area (Å²) in [7, 11) is 3.38. The summed E-state index contributed by atoms with van der Waals surface area (Å²) in [6.07, 6.45) is 5.32. The standard InChI is InChI=1S/C4H9N.C3H5.CH5N.Y/c1-3-4-5-2;1-3-2;1-2;/h3-5H,1-2H3;1,3H,2H3;2H2,1H3;/q;-1;;. The average molecular weight is 232 g/mol. The number of nitrogens with one attached hydrogen (secondary N) is 1.